The SMILES string of the molecule is COC(=O)[C@@](C)(O)[C@H](O)C(C)(C)C. The Balaban J connectivity index is 4.74. The third kappa shape index (κ3) is 2.67. The Hall–Kier alpha value is -0.610. The average molecular weight is 190 g/mol. The first-order chi connectivity index (χ1) is 5.64. The predicted octanol–water partition coefficient (Wildman–Crippen LogP) is 0.317. The molecule has 78 valence electrons. The number of esters is 1. The quantitative estimate of drug-likeness (QED) is 0.615. The summed E-state index contributed by atoms with van der Waals surface area (Å²) in [6.07, 6.45) is -1.16. The lowest BCUT2D eigenvalue weighted by atomic mass is 9.79. The lowest BCUT2D eigenvalue weighted by Gasteiger charge is -2.35. The van der Waals surface area contributed by atoms with Crippen molar-refractivity contribution in [2.75, 3.05) is 7.11 Å². The summed E-state index contributed by atoms with van der Waals surface area (Å²) in [5, 5.41) is 19.3. The summed E-state index contributed by atoms with van der Waals surface area (Å²) in [6.45, 7) is 6.44. The van der Waals surface area contributed by atoms with E-state index in [1.807, 2.05) is 0 Å². The first kappa shape index (κ1) is 12.4. The molecule has 0 radical (unpaired) electrons. The zero-order valence-electron chi connectivity index (χ0n) is 8.79. The van der Waals surface area contributed by atoms with Crippen LogP contribution in [-0.4, -0.2) is 35.0 Å². The minimum Gasteiger partial charge on any atom is -0.467 e. The van der Waals surface area contributed by atoms with Crippen LogP contribution in [0, 0.1) is 5.41 Å². The molecule has 0 aromatic rings. The van der Waals surface area contributed by atoms with Crippen LogP contribution >= 0.6 is 0 Å². The molecule has 0 aromatic carbocycles. The summed E-state index contributed by atoms with van der Waals surface area (Å²) in [5.41, 5.74) is -2.43. The summed E-state index contributed by atoms with van der Waals surface area (Å²) in [6, 6.07) is 0. The molecule has 0 aliphatic heterocycles. The number of methoxy groups -OCH3 is 1. The first-order valence-corrected chi connectivity index (χ1v) is 4.13. The second-order valence-electron chi connectivity index (χ2n) is 4.41. The molecule has 0 saturated heterocycles. The van der Waals surface area contributed by atoms with Crippen molar-refractivity contribution in [1.82, 2.24) is 0 Å². The number of carbonyl (C=O) groups is 1. The van der Waals surface area contributed by atoms with Gasteiger partial charge in [0.25, 0.3) is 0 Å². The van der Waals surface area contributed by atoms with E-state index in [2.05, 4.69) is 4.74 Å². The molecule has 2 atom stereocenters. The van der Waals surface area contributed by atoms with Gasteiger partial charge in [-0.1, -0.05) is 20.8 Å². The number of rotatable bonds is 2. The van der Waals surface area contributed by atoms with E-state index in [-0.39, 0.29) is 0 Å². The number of aliphatic hydroxyl groups is 2. The highest BCUT2D eigenvalue weighted by molar-refractivity contribution is 5.79. The van der Waals surface area contributed by atoms with E-state index in [0.29, 0.717) is 0 Å². The smallest absolute Gasteiger partial charge is 0.340 e. The molecule has 0 bridgehead atoms. The fourth-order valence-electron chi connectivity index (χ4n) is 1.16. The topological polar surface area (TPSA) is 66.8 Å². The Morgan fingerprint density at radius 1 is 1.31 bits per heavy atom. The van der Waals surface area contributed by atoms with Crippen LogP contribution in [0.4, 0.5) is 0 Å². The number of hydrogen-bond acceptors (Lipinski definition) is 4. The standard InChI is InChI=1S/C9H18O4/c1-8(2,3)6(10)9(4,12)7(11)13-5/h6,10,12H,1-5H3/t6-,9+/m1/s1. The molecule has 13 heavy (non-hydrogen) atoms. The molecular formula is C9H18O4. The van der Waals surface area contributed by atoms with Crippen LogP contribution in [-0.2, 0) is 9.53 Å². The molecular weight excluding hydrogens is 172 g/mol. The van der Waals surface area contributed by atoms with Crippen molar-refractivity contribution in [2.24, 2.45) is 5.41 Å². The van der Waals surface area contributed by atoms with Crippen LogP contribution < -0.4 is 0 Å². The van der Waals surface area contributed by atoms with Gasteiger partial charge in [0.2, 0.25) is 0 Å². The van der Waals surface area contributed by atoms with Crippen LogP contribution in [0.25, 0.3) is 0 Å². The molecule has 4 nitrogen and oxygen atoms in total. The van der Waals surface area contributed by atoms with Gasteiger partial charge >= 0.3 is 5.97 Å². The Labute approximate surface area is 78.5 Å². The summed E-state index contributed by atoms with van der Waals surface area (Å²) in [4.78, 5) is 11.1. The minimum atomic E-state index is -1.85. The van der Waals surface area contributed by atoms with Crippen LogP contribution in [0.3, 0.4) is 0 Å². The van der Waals surface area contributed by atoms with E-state index in [4.69, 9.17) is 0 Å². The van der Waals surface area contributed by atoms with E-state index in [1.165, 1.54) is 14.0 Å². The second kappa shape index (κ2) is 3.64. The molecule has 4 heteroatoms. The Kier molecular flexibility index (Phi) is 3.47. The van der Waals surface area contributed by atoms with Gasteiger partial charge in [-0.3, -0.25) is 0 Å². The Morgan fingerprint density at radius 2 is 1.69 bits per heavy atom. The average Bonchev–Trinajstić information content (AvgIpc) is 1.99. The monoisotopic (exact) mass is 190 g/mol. The molecule has 0 fully saturated rings. The highest BCUT2D eigenvalue weighted by atomic mass is 16.5. The number of aliphatic hydroxyl groups excluding tert-OH is 1. The molecule has 0 saturated carbocycles. The summed E-state index contributed by atoms with van der Waals surface area (Å²) >= 11 is 0. The van der Waals surface area contributed by atoms with Gasteiger partial charge in [0.05, 0.1) is 13.2 Å². The van der Waals surface area contributed by atoms with E-state index in [0.717, 1.165) is 0 Å². The van der Waals surface area contributed by atoms with E-state index in [1.54, 1.807) is 20.8 Å². The number of carbonyl (C=O) groups excluding carboxylic acids is 1. The van der Waals surface area contributed by atoms with E-state index in [9.17, 15) is 15.0 Å². The highest BCUT2D eigenvalue weighted by Crippen LogP contribution is 2.28. The molecule has 0 aromatic heterocycles. The summed E-state index contributed by atoms with van der Waals surface area (Å²) in [7, 11) is 1.17. The first-order valence-electron chi connectivity index (χ1n) is 4.13. The van der Waals surface area contributed by atoms with Gasteiger partial charge in [-0.25, -0.2) is 4.79 Å². The molecule has 0 amide bonds. The van der Waals surface area contributed by atoms with Crippen molar-refractivity contribution < 1.29 is 19.7 Å². The maximum absolute atomic E-state index is 11.1. The Morgan fingerprint density at radius 3 is 1.92 bits per heavy atom. The van der Waals surface area contributed by atoms with Crippen LogP contribution in [0.5, 0.6) is 0 Å². The summed E-state index contributed by atoms with van der Waals surface area (Å²) < 4.78 is 4.38. The van der Waals surface area contributed by atoms with Crippen molar-refractivity contribution >= 4 is 5.97 Å². The van der Waals surface area contributed by atoms with Gasteiger partial charge in [0, 0.05) is 0 Å². The van der Waals surface area contributed by atoms with Crippen LogP contribution in [0.1, 0.15) is 27.7 Å². The van der Waals surface area contributed by atoms with E-state index >= 15 is 0 Å². The summed E-state index contributed by atoms with van der Waals surface area (Å²) in [5.74, 6) is -0.824. The van der Waals surface area contributed by atoms with Gasteiger partial charge in [-0.2, -0.15) is 0 Å². The fraction of sp³-hybridized carbons (Fsp3) is 0.889. The number of ether oxygens (including phenoxy) is 1. The van der Waals surface area contributed by atoms with Gasteiger partial charge in [0.15, 0.2) is 5.60 Å². The zero-order valence-corrected chi connectivity index (χ0v) is 8.79. The van der Waals surface area contributed by atoms with Crippen molar-refractivity contribution in [3.05, 3.63) is 0 Å². The number of hydrogen-bond donors (Lipinski definition) is 2. The van der Waals surface area contributed by atoms with Gasteiger partial charge in [-0.15, -0.1) is 0 Å². The van der Waals surface area contributed by atoms with Crippen molar-refractivity contribution in [3.8, 4) is 0 Å². The predicted molar refractivity (Wildman–Crippen MR) is 48.1 cm³/mol. The normalized spacial score (nSPS) is 19.0. The van der Waals surface area contributed by atoms with Crippen molar-refractivity contribution in [2.45, 2.75) is 39.4 Å². The zero-order chi connectivity index (χ0) is 10.9. The second-order valence-corrected chi connectivity index (χ2v) is 4.41. The molecule has 0 unspecified atom stereocenters. The maximum atomic E-state index is 11.1. The molecule has 0 aliphatic rings. The lowest BCUT2D eigenvalue weighted by Crippen LogP contribution is -2.53. The van der Waals surface area contributed by atoms with Gasteiger partial charge in [-0.05, 0) is 12.3 Å². The largest absolute Gasteiger partial charge is 0.467 e. The highest BCUT2D eigenvalue weighted by Gasteiger charge is 2.45. The maximum Gasteiger partial charge on any atom is 0.340 e. The fourth-order valence-corrected chi connectivity index (χ4v) is 1.16. The Bertz CT molecular complexity index is 190. The molecule has 2 N–H and O–H groups in total. The molecule has 0 aliphatic carbocycles. The molecule has 0 heterocycles. The van der Waals surface area contributed by atoms with Crippen LogP contribution in [0.2, 0.25) is 0 Å². The molecule has 0 rings (SSSR count). The third-order valence-corrected chi connectivity index (χ3v) is 1.95. The van der Waals surface area contributed by atoms with Crippen molar-refractivity contribution in [3.63, 3.8) is 0 Å². The minimum absolute atomic E-state index is 0.572. The van der Waals surface area contributed by atoms with E-state index < -0.39 is 23.1 Å². The molecule has 0 spiro atoms. The lowest BCUT2D eigenvalue weighted by molar-refractivity contribution is -0.181. The van der Waals surface area contributed by atoms with Crippen molar-refractivity contribution in [1.29, 1.82) is 0 Å². The van der Waals surface area contributed by atoms with Gasteiger partial charge < -0.3 is 14.9 Å². The van der Waals surface area contributed by atoms with Crippen LogP contribution in [0.15, 0.2) is 0 Å². The van der Waals surface area contributed by atoms with Gasteiger partial charge in [0.1, 0.15) is 0 Å². The third-order valence-electron chi connectivity index (χ3n) is 1.95.